The first-order valence-electron chi connectivity index (χ1n) is 5.75. The predicted octanol–water partition coefficient (Wildman–Crippen LogP) is 4.22. The number of hydrogen-bond acceptors (Lipinski definition) is 3. The van der Waals surface area contributed by atoms with E-state index in [9.17, 15) is 4.79 Å². The Hall–Kier alpha value is -0.830. The fourth-order valence-corrected chi connectivity index (χ4v) is 3.49. The Morgan fingerprint density at radius 1 is 1.44 bits per heavy atom. The van der Waals surface area contributed by atoms with E-state index in [1.165, 1.54) is 0 Å². The minimum absolute atomic E-state index is 0.522. The van der Waals surface area contributed by atoms with E-state index in [0.717, 1.165) is 35.7 Å². The van der Waals surface area contributed by atoms with E-state index in [1.54, 1.807) is 19.3 Å². The average Bonchev–Trinajstić information content (AvgIpc) is 2.78. The summed E-state index contributed by atoms with van der Waals surface area (Å²) < 4.78 is 6.23. The molecule has 1 saturated carbocycles. The summed E-state index contributed by atoms with van der Waals surface area (Å²) in [6.07, 6.45) is 5.43. The lowest BCUT2D eigenvalue weighted by atomic mass is 9.88. The van der Waals surface area contributed by atoms with Crippen molar-refractivity contribution in [3.8, 4) is 5.75 Å². The van der Waals surface area contributed by atoms with Crippen molar-refractivity contribution < 1.29 is 9.53 Å². The van der Waals surface area contributed by atoms with Crippen LogP contribution in [0.2, 0.25) is 5.02 Å². The highest BCUT2D eigenvalue weighted by Gasteiger charge is 2.38. The van der Waals surface area contributed by atoms with Gasteiger partial charge in [-0.2, -0.15) is 4.99 Å². The van der Waals surface area contributed by atoms with Crippen molar-refractivity contribution in [2.45, 2.75) is 31.2 Å². The monoisotopic (exact) mass is 329 g/mol. The van der Waals surface area contributed by atoms with Gasteiger partial charge in [-0.15, -0.1) is 0 Å². The molecule has 0 bridgehead atoms. The number of ether oxygens (including phenoxy) is 1. The maximum absolute atomic E-state index is 10.7. The second kappa shape index (κ2) is 5.43. The number of rotatable bonds is 3. The van der Waals surface area contributed by atoms with Gasteiger partial charge >= 0.3 is 0 Å². The summed E-state index contributed by atoms with van der Waals surface area (Å²) in [4.78, 5) is 14.8. The Morgan fingerprint density at radius 2 is 2.11 bits per heavy atom. The molecule has 0 unspecified atom stereocenters. The molecule has 0 amide bonds. The molecule has 0 aliphatic heterocycles. The standard InChI is InChI=1S/C13H13BrClNO2/c1-18-12-10(6-9(14)7-11(12)15)13(16-8-17)4-2-3-5-13/h6-7H,2-5H2,1H3. The van der Waals surface area contributed by atoms with Gasteiger partial charge in [0.05, 0.1) is 12.1 Å². The number of isocyanates is 1. The molecule has 18 heavy (non-hydrogen) atoms. The van der Waals surface area contributed by atoms with Crippen LogP contribution in [0.25, 0.3) is 0 Å². The van der Waals surface area contributed by atoms with Gasteiger partial charge in [-0.1, -0.05) is 40.4 Å². The highest BCUT2D eigenvalue weighted by Crippen LogP contribution is 2.48. The first-order chi connectivity index (χ1) is 8.63. The van der Waals surface area contributed by atoms with Crippen LogP contribution >= 0.6 is 27.5 Å². The van der Waals surface area contributed by atoms with Gasteiger partial charge in [0.15, 0.2) is 0 Å². The highest BCUT2D eigenvalue weighted by molar-refractivity contribution is 9.10. The molecule has 3 nitrogen and oxygen atoms in total. The zero-order valence-electron chi connectivity index (χ0n) is 10.0. The van der Waals surface area contributed by atoms with Crippen molar-refractivity contribution in [3.63, 3.8) is 0 Å². The molecule has 0 aromatic heterocycles. The van der Waals surface area contributed by atoms with Crippen LogP contribution in [0.5, 0.6) is 5.75 Å². The van der Waals surface area contributed by atoms with Crippen LogP contribution in [0.4, 0.5) is 0 Å². The average molecular weight is 331 g/mol. The lowest BCUT2D eigenvalue weighted by molar-refractivity contribution is 0.379. The summed E-state index contributed by atoms with van der Waals surface area (Å²) in [5.74, 6) is 0.598. The maximum atomic E-state index is 10.7. The van der Waals surface area contributed by atoms with Crippen LogP contribution in [-0.4, -0.2) is 13.2 Å². The van der Waals surface area contributed by atoms with Crippen LogP contribution in [-0.2, 0) is 10.3 Å². The zero-order valence-corrected chi connectivity index (χ0v) is 12.3. The van der Waals surface area contributed by atoms with Crippen molar-refractivity contribution >= 4 is 33.6 Å². The lowest BCUT2D eigenvalue weighted by Crippen LogP contribution is -2.20. The number of halogens is 2. The van der Waals surface area contributed by atoms with Gasteiger partial charge in [0, 0.05) is 10.0 Å². The summed E-state index contributed by atoms with van der Waals surface area (Å²) in [5, 5.41) is 0.522. The van der Waals surface area contributed by atoms with Crippen molar-refractivity contribution in [1.82, 2.24) is 0 Å². The predicted molar refractivity (Wildman–Crippen MR) is 74.0 cm³/mol. The van der Waals surface area contributed by atoms with E-state index in [2.05, 4.69) is 20.9 Å². The van der Waals surface area contributed by atoms with Gasteiger partial charge in [0.1, 0.15) is 11.3 Å². The fraction of sp³-hybridized carbons (Fsp3) is 0.462. The molecule has 1 fully saturated rings. The van der Waals surface area contributed by atoms with E-state index in [-0.39, 0.29) is 0 Å². The Bertz CT molecular complexity index is 506. The molecule has 0 N–H and O–H groups in total. The summed E-state index contributed by atoms with van der Waals surface area (Å²) >= 11 is 9.60. The molecule has 1 aromatic carbocycles. The molecule has 0 spiro atoms. The SMILES string of the molecule is COc1c(Cl)cc(Br)cc1C1(N=C=O)CCCC1. The second-order valence-corrected chi connectivity index (χ2v) is 5.73. The van der Waals surface area contributed by atoms with Crippen LogP contribution in [0.15, 0.2) is 21.6 Å². The number of carbonyl (C=O) groups excluding carboxylic acids is 1. The third-order valence-corrected chi connectivity index (χ3v) is 4.14. The van der Waals surface area contributed by atoms with Gasteiger partial charge in [0.25, 0.3) is 0 Å². The maximum Gasteiger partial charge on any atom is 0.235 e. The van der Waals surface area contributed by atoms with E-state index < -0.39 is 5.54 Å². The molecule has 5 heteroatoms. The van der Waals surface area contributed by atoms with Crippen molar-refractivity contribution in [3.05, 3.63) is 27.2 Å². The molecule has 1 aromatic rings. The van der Waals surface area contributed by atoms with Gasteiger partial charge in [0.2, 0.25) is 6.08 Å². The molecule has 0 radical (unpaired) electrons. The van der Waals surface area contributed by atoms with Crippen molar-refractivity contribution in [2.75, 3.05) is 7.11 Å². The normalized spacial score (nSPS) is 17.3. The number of benzene rings is 1. The van der Waals surface area contributed by atoms with Crippen molar-refractivity contribution in [1.29, 1.82) is 0 Å². The first kappa shape index (κ1) is 13.6. The first-order valence-corrected chi connectivity index (χ1v) is 6.92. The molecule has 1 aliphatic rings. The summed E-state index contributed by atoms with van der Waals surface area (Å²) in [5.41, 5.74) is 0.339. The smallest absolute Gasteiger partial charge is 0.235 e. The van der Waals surface area contributed by atoms with Crippen LogP contribution in [0.3, 0.4) is 0 Å². The van der Waals surface area contributed by atoms with Crippen molar-refractivity contribution in [2.24, 2.45) is 4.99 Å². The lowest BCUT2D eigenvalue weighted by Gasteiger charge is -2.25. The molecule has 1 aliphatic carbocycles. The number of methoxy groups -OCH3 is 1. The zero-order chi connectivity index (χ0) is 13.2. The summed E-state index contributed by atoms with van der Waals surface area (Å²) in [6, 6.07) is 3.70. The third-order valence-electron chi connectivity index (χ3n) is 3.40. The summed E-state index contributed by atoms with van der Waals surface area (Å²) in [7, 11) is 1.58. The number of hydrogen-bond donors (Lipinski definition) is 0. The molecule has 0 atom stereocenters. The molecular formula is C13H13BrClNO2. The van der Waals surface area contributed by atoms with E-state index in [1.807, 2.05) is 6.07 Å². The summed E-state index contributed by atoms with van der Waals surface area (Å²) in [6.45, 7) is 0. The van der Waals surface area contributed by atoms with Gasteiger partial charge < -0.3 is 4.74 Å². The Kier molecular flexibility index (Phi) is 4.10. The molecule has 0 saturated heterocycles. The Balaban J connectivity index is 2.64. The van der Waals surface area contributed by atoms with E-state index in [4.69, 9.17) is 16.3 Å². The van der Waals surface area contributed by atoms with Gasteiger partial charge in [-0.25, -0.2) is 4.79 Å². The topological polar surface area (TPSA) is 38.7 Å². The number of aliphatic imine (C=N–C) groups is 1. The van der Waals surface area contributed by atoms with Crippen LogP contribution < -0.4 is 4.74 Å². The third kappa shape index (κ3) is 2.33. The Morgan fingerprint density at radius 3 is 2.67 bits per heavy atom. The van der Waals surface area contributed by atoms with E-state index >= 15 is 0 Å². The van der Waals surface area contributed by atoms with Crippen LogP contribution in [0, 0.1) is 0 Å². The molecule has 2 rings (SSSR count). The quantitative estimate of drug-likeness (QED) is 0.615. The highest BCUT2D eigenvalue weighted by atomic mass is 79.9. The van der Waals surface area contributed by atoms with Gasteiger partial charge in [-0.3, -0.25) is 0 Å². The number of nitrogens with zero attached hydrogens (tertiary/aromatic N) is 1. The minimum Gasteiger partial charge on any atom is -0.495 e. The largest absolute Gasteiger partial charge is 0.495 e. The molecule has 96 valence electrons. The van der Waals surface area contributed by atoms with Crippen LogP contribution in [0.1, 0.15) is 31.2 Å². The second-order valence-electron chi connectivity index (χ2n) is 4.41. The molecular weight excluding hydrogens is 318 g/mol. The minimum atomic E-state index is -0.527. The molecule has 0 heterocycles. The fourth-order valence-electron chi connectivity index (χ4n) is 2.60. The van der Waals surface area contributed by atoms with E-state index in [0.29, 0.717) is 10.8 Å². The van der Waals surface area contributed by atoms with Gasteiger partial charge in [-0.05, 0) is 25.0 Å². The Labute approximate surface area is 119 Å².